The molecule has 1 atom stereocenters. The van der Waals surface area contributed by atoms with E-state index in [1.54, 1.807) is 51.3 Å². The van der Waals surface area contributed by atoms with E-state index in [2.05, 4.69) is 59.9 Å². The number of carbonyl (C=O) groups excluding carboxylic acids is 4. The molecule has 0 saturated heterocycles. The lowest BCUT2D eigenvalue weighted by Crippen LogP contribution is -2.50. The number of fused-ring (bicyclic) bond motifs is 2. The quantitative estimate of drug-likeness (QED) is 0.109. The summed E-state index contributed by atoms with van der Waals surface area (Å²) < 4.78 is 28.5. The van der Waals surface area contributed by atoms with Crippen LogP contribution in [-0.4, -0.2) is 73.2 Å². The Labute approximate surface area is 428 Å². The fourth-order valence-electron chi connectivity index (χ4n) is 9.91. The number of ether oxygens (including phenoxy) is 5. The highest BCUT2D eigenvalue weighted by molar-refractivity contribution is 6.02. The molecule has 72 heavy (non-hydrogen) atoms. The first-order valence-corrected chi connectivity index (χ1v) is 26.4. The number of hydrogen-bond donors (Lipinski definition) is 1. The standard InChI is InChI=1S/C34H46N2O6.C26H33NO3/c1-33(2,3)41-30(37)21-28(35-32(39)42-34(4,5)6)31(38)36-19-18-26-20-25(14-17-29(26)36)24-12-15-27(16-13-24)40-22-23-10-8-7-9-11-23;1-26(2,3)30-25(28)27-16-15-22-17-21(11-14-24(22)27)20-9-12-23(13-10-20)29-18-19-7-5-4-6-8-19/h12-17,20,23,28H,7-11,18-19,21-22H2,1-6H3,(H,35,39);9-14,17,19H,4-8,15-16,18H2,1-3H3/t28-;/m1./s1. The van der Waals surface area contributed by atoms with Crippen LogP contribution in [0, 0.1) is 11.8 Å². The average molecular weight is 986 g/mol. The lowest BCUT2D eigenvalue weighted by Gasteiger charge is -2.27. The lowest BCUT2D eigenvalue weighted by atomic mass is 9.90. The van der Waals surface area contributed by atoms with Gasteiger partial charge in [0.25, 0.3) is 0 Å². The molecule has 0 aromatic heterocycles. The van der Waals surface area contributed by atoms with Crippen LogP contribution >= 0.6 is 0 Å². The van der Waals surface area contributed by atoms with Gasteiger partial charge in [-0.25, -0.2) is 9.59 Å². The van der Waals surface area contributed by atoms with Crippen molar-refractivity contribution in [2.24, 2.45) is 11.8 Å². The summed E-state index contributed by atoms with van der Waals surface area (Å²) in [6.45, 7) is 18.9. The predicted molar refractivity (Wildman–Crippen MR) is 285 cm³/mol. The van der Waals surface area contributed by atoms with E-state index in [9.17, 15) is 19.2 Å². The maximum absolute atomic E-state index is 13.7. The van der Waals surface area contributed by atoms with E-state index in [-0.39, 0.29) is 18.4 Å². The molecule has 0 unspecified atom stereocenters. The molecule has 2 fully saturated rings. The van der Waals surface area contributed by atoms with Gasteiger partial charge in [-0.2, -0.15) is 0 Å². The van der Waals surface area contributed by atoms with Crippen LogP contribution in [0.25, 0.3) is 22.3 Å². The zero-order valence-corrected chi connectivity index (χ0v) is 44.4. The zero-order valence-electron chi connectivity index (χ0n) is 44.4. The number of nitrogens with zero attached hydrogens (tertiary/aromatic N) is 2. The molecule has 2 aliphatic heterocycles. The number of anilines is 2. The normalized spacial score (nSPS) is 16.6. The first-order chi connectivity index (χ1) is 34.2. The third kappa shape index (κ3) is 15.7. The lowest BCUT2D eigenvalue weighted by molar-refractivity contribution is -0.156. The monoisotopic (exact) mass is 986 g/mol. The SMILES string of the molecule is CC(C)(C)OC(=O)C[C@@H](NC(=O)OC(C)(C)C)C(=O)N1CCc2cc(-c3ccc(OCC4CCCCC4)cc3)ccc21.CC(C)(C)OC(=O)N1CCc2cc(-c3ccc(OCC4CCCCC4)cc3)ccc21. The van der Waals surface area contributed by atoms with Gasteiger partial charge in [-0.05, 0) is 195 Å². The average Bonchev–Trinajstić information content (AvgIpc) is 3.96. The van der Waals surface area contributed by atoms with Crippen molar-refractivity contribution in [1.82, 2.24) is 5.32 Å². The summed E-state index contributed by atoms with van der Waals surface area (Å²) in [6.07, 6.45) is 13.3. The van der Waals surface area contributed by atoms with Gasteiger partial charge in [0.05, 0.1) is 25.3 Å². The maximum Gasteiger partial charge on any atom is 0.414 e. The highest BCUT2D eigenvalue weighted by Crippen LogP contribution is 2.36. The minimum absolute atomic E-state index is 0.270. The number of nitrogens with one attached hydrogen (secondary N) is 1. The molecule has 0 spiro atoms. The van der Waals surface area contributed by atoms with Crippen molar-refractivity contribution in [2.45, 2.75) is 169 Å². The van der Waals surface area contributed by atoms with E-state index in [4.69, 9.17) is 23.7 Å². The van der Waals surface area contributed by atoms with E-state index in [0.717, 1.165) is 59.2 Å². The number of alkyl carbamates (subject to hydrolysis) is 1. The molecule has 4 aromatic rings. The van der Waals surface area contributed by atoms with Gasteiger partial charge < -0.3 is 33.9 Å². The predicted octanol–water partition coefficient (Wildman–Crippen LogP) is 13.4. The number of amides is 3. The Morgan fingerprint density at radius 2 is 0.944 bits per heavy atom. The summed E-state index contributed by atoms with van der Waals surface area (Å²) in [4.78, 5) is 54.8. The van der Waals surface area contributed by atoms with Gasteiger partial charge in [0.15, 0.2) is 0 Å². The highest BCUT2D eigenvalue weighted by atomic mass is 16.6. The molecule has 0 bridgehead atoms. The third-order valence-electron chi connectivity index (χ3n) is 13.4. The summed E-state index contributed by atoms with van der Waals surface area (Å²) in [5.74, 6) is 2.25. The van der Waals surface area contributed by atoms with Gasteiger partial charge in [0.2, 0.25) is 5.91 Å². The van der Waals surface area contributed by atoms with E-state index in [1.807, 2.05) is 51.1 Å². The summed E-state index contributed by atoms with van der Waals surface area (Å²) in [5, 5.41) is 2.61. The van der Waals surface area contributed by atoms with Crippen LogP contribution < -0.4 is 24.6 Å². The summed E-state index contributed by atoms with van der Waals surface area (Å²) >= 11 is 0. The molecule has 2 saturated carbocycles. The smallest absolute Gasteiger partial charge is 0.414 e. The minimum atomic E-state index is -1.12. The fourth-order valence-corrected chi connectivity index (χ4v) is 9.91. The van der Waals surface area contributed by atoms with Crippen LogP contribution in [0.5, 0.6) is 11.5 Å². The number of hydrogen-bond acceptors (Lipinski definition) is 9. The van der Waals surface area contributed by atoms with Gasteiger partial charge >= 0.3 is 18.2 Å². The number of benzene rings is 4. The second-order valence-electron chi connectivity index (χ2n) is 23.0. The van der Waals surface area contributed by atoms with E-state index < -0.39 is 34.9 Å². The molecule has 3 amide bonds. The molecule has 1 N–H and O–H groups in total. The van der Waals surface area contributed by atoms with Gasteiger partial charge in [-0.15, -0.1) is 0 Å². The summed E-state index contributed by atoms with van der Waals surface area (Å²) in [6, 6.07) is 27.8. The molecule has 12 heteroatoms. The molecule has 4 aliphatic rings. The highest BCUT2D eigenvalue weighted by Gasteiger charge is 2.35. The molecule has 2 aliphatic carbocycles. The van der Waals surface area contributed by atoms with Crippen molar-refractivity contribution in [2.75, 3.05) is 36.1 Å². The number of esters is 1. The van der Waals surface area contributed by atoms with Crippen molar-refractivity contribution in [3.63, 3.8) is 0 Å². The molecular formula is C60H79N3O9. The molecule has 0 radical (unpaired) electrons. The Morgan fingerprint density at radius 1 is 0.528 bits per heavy atom. The van der Waals surface area contributed by atoms with Crippen molar-refractivity contribution >= 4 is 35.4 Å². The van der Waals surface area contributed by atoms with Crippen molar-refractivity contribution in [3.05, 3.63) is 96.1 Å². The number of carbonyl (C=O) groups is 4. The fraction of sp³-hybridized carbons (Fsp3) is 0.533. The van der Waals surface area contributed by atoms with Crippen LogP contribution in [0.1, 0.15) is 144 Å². The molecule has 12 nitrogen and oxygen atoms in total. The van der Waals surface area contributed by atoms with E-state index in [1.165, 1.54) is 80.9 Å². The van der Waals surface area contributed by atoms with Crippen LogP contribution in [0.3, 0.4) is 0 Å². The maximum atomic E-state index is 13.7. The van der Waals surface area contributed by atoms with Crippen LogP contribution in [0.15, 0.2) is 84.9 Å². The number of rotatable bonds is 12. The van der Waals surface area contributed by atoms with Gasteiger partial charge in [0.1, 0.15) is 34.3 Å². The van der Waals surface area contributed by atoms with E-state index in [0.29, 0.717) is 31.3 Å². The minimum Gasteiger partial charge on any atom is -0.493 e. The summed E-state index contributed by atoms with van der Waals surface area (Å²) in [7, 11) is 0. The Hall–Kier alpha value is -6.04. The van der Waals surface area contributed by atoms with E-state index >= 15 is 0 Å². The van der Waals surface area contributed by atoms with Crippen LogP contribution in [-0.2, 0) is 36.6 Å². The summed E-state index contributed by atoms with van der Waals surface area (Å²) in [5.41, 5.74) is 6.46. The molecule has 388 valence electrons. The van der Waals surface area contributed by atoms with Crippen molar-refractivity contribution < 1.29 is 42.9 Å². The molecule has 8 rings (SSSR count). The van der Waals surface area contributed by atoms with Gasteiger partial charge in [0, 0.05) is 18.8 Å². The zero-order chi connectivity index (χ0) is 51.6. The Balaban J connectivity index is 0.000000223. The Kier molecular flexibility index (Phi) is 17.7. The topological polar surface area (TPSA) is 133 Å². The first-order valence-electron chi connectivity index (χ1n) is 26.4. The van der Waals surface area contributed by atoms with Crippen LogP contribution in [0.2, 0.25) is 0 Å². The Bertz CT molecular complexity index is 2440. The second kappa shape index (κ2) is 23.7. The molecular weight excluding hydrogens is 907 g/mol. The molecule has 4 aromatic carbocycles. The molecule has 2 heterocycles. The third-order valence-corrected chi connectivity index (χ3v) is 13.4. The Morgan fingerprint density at radius 3 is 1.39 bits per heavy atom. The van der Waals surface area contributed by atoms with Crippen molar-refractivity contribution in [1.29, 1.82) is 0 Å². The van der Waals surface area contributed by atoms with Gasteiger partial charge in [-0.1, -0.05) is 74.9 Å². The van der Waals surface area contributed by atoms with Crippen LogP contribution in [0.4, 0.5) is 21.0 Å². The first kappa shape index (κ1) is 53.8. The van der Waals surface area contributed by atoms with Crippen molar-refractivity contribution in [3.8, 4) is 33.8 Å². The largest absolute Gasteiger partial charge is 0.493 e. The second-order valence-corrected chi connectivity index (χ2v) is 23.0. The van der Waals surface area contributed by atoms with Gasteiger partial charge in [-0.3, -0.25) is 14.5 Å².